The molecule has 1 aromatic rings. The quantitative estimate of drug-likeness (QED) is 0.715. The van der Waals surface area contributed by atoms with Crippen LogP contribution in [0.3, 0.4) is 0 Å². The minimum atomic E-state index is -0.504. The van der Waals surface area contributed by atoms with E-state index in [-0.39, 0.29) is 12.1 Å². The monoisotopic (exact) mass is 263 g/mol. The Morgan fingerprint density at radius 3 is 2.58 bits per heavy atom. The number of ether oxygens (including phenoxy) is 1. The van der Waals surface area contributed by atoms with E-state index in [4.69, 9.17) is 10.5 Å². The van der Waals surface area contributed by atoms with Gasteiger partial charge < -0.3 is 10.5 Å². The molecule has 1 amide bonds. The van der Waals surface area contributed by atoms with Crippen LogP contribution in [-0.4, -0.2) is 11.7 Å². The van der Waals surface area contributed by atoms with Crippen molar-refractivity contribution < 1.29 is 9.53 Å². The zero-order chi connectivity index (χ0) is 14.0. The summed E-state index contributed by atoms with van der Waals surface area (Å²) in [5.74, 6) is 0. The number of carbonyl (C=O) groups excluding carboxylic acids is 1. The fourth-order valence-corrected chi connectivity index (χ4v) is 2.26. The lowest BCUT2D eigenvalue weighted by atomic mass is 10.1. The maximum atomic E-state index is 11.6. The second-order valence-corrected chi connectivity index (χ2v) is 5.79. The van der Waals surface area contributed by atoms with Gasteiger partial charge in [0.15, 0.2) is 0 Å². The molecule has 1 aromatic carbocycles. The Morgan fingerprint density at radius 1 is 1.32 bits per heavy atom. The van der Waals surface area contributed by atoms with Gasteiger partial charge in [0.25, 0.3) is 0 Å². The molecule has 0 fully saturated rings. The molecular weight excluding hydrogens is 242 g/mol. The van der Waals surface area contributed by atoms with Crippen molar-refractivity contribution in [1.29, 1.82) is 0 Å². The lowest BCUT2D eigenvalue weighted by Gasteiger charge is -2.21. The van der Waals surface area contributed by atoms with Gasteiger partial charge in [-0.15, -0.1) is 0 Å². The van der Waals surface area contributed by atoms with E-state index in [1.165, 1.54) is 0 Å². The highest BCUT2D eigenvalue weighted by Crippen LogP contribution is 2.36. The Bertz CT molecular complexity index is 468. The molecule has 0 aromatic heterocycles. The van der Waals surface area contributed by atoms with E-state index >= 15 is 0 Å². The van der Waals surface area contributed by atoms with Crippen LogP contribution in [0, 0.1) is 0 Å². The van der Waals surface area contributed by atoms with Crippen LogP contribution < -0.4 is 16.6 Å². The molecule has 0 saturated heterocycles. The first kappa shape index (κ1) is 13.8. The van der Waals surface area contributed by atoms with Gasteiger partial charge in [0.05, 0.1) is 6.04 Å². The molecule has 2 atom stereocenters. The lowest BCUT2D eigenvalue weighted by molar-refractivity contribution is 0.0487. The van der Waals surface area contributed by atoms with E-state index in [1.54, 1.807) is 0 Å². The van der Waals surface area contributed by atoms with E-state index in [0.717, 1.165) is 17.5 Å². The summed E-state index contributed by atoms with van der Waals surface area (Å²) in [4.78, 5) is 11.6. The minimum absolute atomic E-state index is 0.00846. The standard InChI is InChI=1S/C14H21N3O2/c1-14(2,3)19-13(18)17-16-12-8-11(15)9-6-4-5-7-10(9)12/h4-7,11-12,16H,8,15H2,1-3H3,(H,17,18). The third kappa shape index (κ3) is 3.45. The molecule has 1 aliphatic rings. The molecule has 1 aliphatic carbocycles. The van der Waals surface area contributed by atoms with Gasteiger partial charge >= 0.3 is 6.09 Å². The van der Waals surface area contributed by atoms with Gasteiger partial charge in [0.1, 0.15) is 5.60 Å². The normalized spacial score (nSPS) is 21.9. The number of benzene rings is 1. The number of fused-ring (bicyclic) bond motifs is 1. The first-order valence-corrected chi connectivity index (χ1v) is 6.46. The maximum Gasteiger partial charge on any atom is 0.422 e. The van der Waals surface area contributed by atoms with E-state index in [2.05, 4.69) is 10.9 Å². The average molecular weight is 263 g/mol. The van der Waals surface area contributed by atoms with E-state index < -0.39 is 11.7 Å². The van der Waals surface area contributed by atoms with E-state index in [1.807, 2.05) is 45.0 Å². The van der Waals surface area contributed by atoms with Crippen LogP contribution in [0.5, 0.6) is 0 Å². The first-order chi connectivity index (χ1) is 8.87. The van der Waals surface area contributed by atoms with Crippen LogP contribution in [0.2, 0.25) is 0 Å². The highest BCUT2D eigenvalue weighted by molar-refractivity contribution is 5.67. The summed E-state index contributed by atoms with van der Waals surface area (Å²) in [5, 5.41) is 0. The second-order valence-electron chi connectivity index (χ2n) is 5.79. The zero-order valence-electron chi connectivity index (χ0n) is 11.6. The number of nitrogens with two attached hydrogens (primary N) is 1. The molecule has 0 spiro atoms. The van der Waals surface area contributed by atoms with Crippen molar-refractivity contribution in [2.24, 2.45) is 5.73 Å². The lowest BCUT2D eigenvalue weighted by Crippen LogP contribution is -2.42. The molecule has 0 aliphatic heterocycles. The number of hydrogen-bond acceptors (Lipinski definition) is 4. The van der Waals surface area contributed by atoms with Gasteiger partial charge in [-0.25, -0.2) is 10.2 Å². The van der Waals surface area contributed by atoms with Gasteiger partial charge in [0.2, 0.25) is 0 Å². The number of amides is 1. The third-order valence-corrected chi connectivity index (χ3v) is 3.01. The van der Waals surface area contributed by atoms with Crippen LogP contribution in [0.1, 0.15) is 50.4 Å². The molecule has 0 saturated carbocycles. The van der Waals surface area contributed by atoms with Crippen molar-refractivity contribution in [2.45, 2.75) is 44.9 Å². The zero-order valence-corrected chi connectivity index (χ0v) is 11.6. The molecule has 0 radical (unpaired) electrons. The van der Waals surface area contributed by atoms with Crippen molar-refractivity contribution in [3.63, 3.8) is 0 Å². The van der Waals surface area contributed by atoms with Gasteiger partial charge in [-0.3, -0.25) is 5.43 Å². The summed E-state index contributed by atoms with van der Waals surface area (Å²) in [6.45, 7) is 5.48. The topological polar surface area (TPSA) is 76.4 Å². The van der Waals surface area contributed by atoms with Gasteiger partial charge in [-0.2, -0.15) is 0 Å². The Kier molecular flexibility index (Phi) is 3.78. The van der Waals surface area contributed by atoms with Gasteiger partial charge in [0, 0.05) is 6.04 Å². The van der Waals surface area contributed by atoms with Crippen LogP contribution in [0.15, 0.2) is 24.3 Å². The number of hydrogen-bond donors (Lipinski definition) is 3. The fourth-order valence-electron chi connectivity index (χ4n) is 2.26. The van der Waals surface area contributed by atoms with Crippen LogP contribution >= 0.6 is 0 Å². The van der Waals surface area contributed by atoms with Crippen molar-refractivity contribution in [2.75, 3.05) is 0 Å². The highest BCUT2D eigenvalue weighted by Gasteiger charge is 2.28. The Labute approximate surface area is 113 Å². The molecule has 19 heavy (non-hydrogen) atoms. The van der Waals surface area contributed by atoms with Crippen molar-refractivity contribution in [3.8, 4) is 0 Å². The number of hydrazine groups is 1. The Balaban J connectivity index is 1.94. The molecule has 2 unspecified atom stereocenters. The number of nitrogens with one attached hydrogen (secondary N) is 2. The van der Waals surface area contributed by atoms with Gasteiger partial charge in [-0.05, 0) is 38.3 Å². The molecular formula is C14H21N3O2. The summed E-state index contributed by atoms with van der Waals surface area (Å²) in [7, 11) is 0. The summed E-state index contributed by atoms with van der Waals surface area (Å²) in [5.41, 5.74) is 13.4. The summed E-state index contributed by atoms with van der Waals surface area (Å²) in [6.07, 6.45) is 0.278. The molecule has 104 valence electrons. The highest BCUT2D eigenvalue weighted by atomic mass is 16.6. The Morgan fingerprint density at radius 2 is 1.95 bits per heavy atom. The molecule has 4 N–H and O–H groups in total. The molecule has 2 rings (SSSR count). The van der Waals surface area contributed by atoms with Crippen LogP contribution in [-0.2, 0) is 4.74 Å². The molecule has 0 bridgehead atoms. The van der Waals surface area contributed by atoms with Crippen molar-refractivity contribution in [1.82, 2.24) is 10.9 Å². The third-order valence-electron chi connectivity index (χ3n) is 3.01. The molecule has 5 heteroatoms. The second kappa shape index (κ2) is 5.19. The van der Waals surface area contributed by atoms with Crippen molar-refractivity contribution >= 4 is 6.09 Å². The first-order valence-electron chi connectivity index (χ1n) is 6.46. The average Bonchev–Trinajstić information content (AvgIpc) is 2.62. The van der Waals surface area contributed by atoms with E-state index in [9.17, 15) is 4.79 Å². The smallest absolute Gasteiger partial charge is 0.422 e. The van der Waals surface area contributed by atoms with Crippen LogP contribution in [0.4, 0.5) is 4.79 Å². The molecule has 0 heterocycles. The largest absolute Gasteiger partial charge is 0.443 e. The summed E-state index contributed by atoms with van der Waals surface area (Å²) >= 11 is 0. The predicted octanol–water partition coefficient (Wildman–Crippen LogP) is 2.16. The fraction of sp³-hybridized carbons (Fsp3) is 0.500. The van der Waals surface area contributed by atoms with Crippen molar-refractivity contribution in [3.05, 3.63) is 35.4 Å². The predicted molar refractivity (Wildman–Crippen MR) is 73.2 cm³/mol. The summed E-state index contributed by atoms with van der Waals surface area (Å²) in [6, 6.07) is 8.03. The maximum absolute atomic E-state index is 11.6. The summed E-state index contributed by atoms with van der Waals surface area (Å²) < 4.78 is 5.17. The Hall–Kier alpha value is -1.59. The van der Waals surface area contributed by atoms with E-state index in [0.29, 0.717) is 0 Å². The number of carbonyl (C=O) groups is 1. The molecule has 5 nitrogen and oxygen atoms in total. The van der Waals surface area contributed by atoms with Gasteiger partial charge in [-0.1, -0.05) is 24.3 Å². The SMILES string of the molecule is CC(C)(C)OC(=O)NNC1CC(N)c2ccccc21. The van der Waals surface area contributed by atoms with Crippen LogP contribution in [0.25, 0.3) is 0 Å². The minimum Gasteiger partial charge on any atom is -0.443 e. The number of rotatable bonds is 2.